The van der Waals surface area contributed by atoms with Crippen molar-refractivity contribution in [2.45, 2.75) is 12.8 Å². The molecule has 1 aliphatic heterocycles. The molecule has 19 heavy (non-hydrogen) atoms. The first kappa shape index (κ1) is 12.6. The van der Waals surface area contributed by atoms with Crippen LogP contribution in [0.1, 0.15) is 12.8 Å². The number of aromatic nitrogens is 2. The van der Waals surface area contributed by atoms with E-state index < -0.39 is 5.97 Å². The van der Waals surface area contributed by atoms with Crippen molar-refractivity contribution < 1.29 is 9.90 Å². The molecule has 0 radical (unpaired) electrons. The lowest BCUT2D eigenvalue weighted by Crippen LogP contribution is -2.39. The SMILES string of the molecule is O=C(O)C1CCCN(c2nc(Cl)c3ccsc3n2)C1. The van der Waals surface area contributed by atoms with Crippen LogP contribution < -0.4 is 4.90 Å². The molecule has 3 rings (SSSR count). The topological polar surface area (TPSA) is 66.3 Å². The molecule has 0 amide bonds. The Balaban J connectivity index is 1.92. The summed E-state index contributed by atoms with van der Waals surface area (Å²) >= 11 is 7.64. The van der Waals surface area contributed by atoms with Crippen LogP contribution in [-0.2, 0) is 4.79 Å². The summed E-state index contributed by atoms with van der Waals surface area (Å²) in [7, 11) is 0. The number of piperidine rings is 1. The smallest absolute Gasteiger partial charge is 0.308 e. The summed E-state index contributed by atoms with van der Waals surface area (Å²) < 4.78 is 0. The molecule has 100 valence electrons. The fourth-order valence-corrected chi connectivity index (χ4v) is 3.35. The van der Waals surface area contributed by atoms with Gasteiger partial charge >= 0.3 is 5.97 Å². The minimum absolute atomic E-state index is 0.352. The van der Waals surface area contributed by atoms with Gasteiger partial charge < -0.3 is 10.0 Å². The second-order valence-electron chi connectivity index (χ2n) is 4.58. The normalized spacial score (nSPS) is 19.8. The minimum Gasteiger partial charge on any atom is -0.481 e. The van der Waals surface area contributed by atoms with Gasteiger partial charge in [0.05, 0.1) is 5.92 Å². The van der Waals surface area contributed by atoms with E-state index in [0.717, 1.165) is 23.2 Å². The molecule has 2 aromatic rings. The summed E-state index contributed by atoms with van der Waals surface area (Å²) in [6, 6.07) is 1.89. The lowest BCUT2D eigenvalue weighted by Gasteiger charge is -2.30. The van der Waals surface area contributed by atoms with Crippen molar-refractivity contribution in [3.63, 3.8) is 0 Å². The highest BCUT2D eigenvalue weighted by Gasteiger charge is 2.27. The largest absolute Gasteiger partial charge is 0.481 e. The lowest BCUT2D eigenvalue weighted by molar-refractivity contribution is -0.141. The number of fused-ring (bicyclic) bond motifs is 1. The molecule has 5 nitrogen and oxygen atoms in total. The van der Waals surface area contributed by atoms with E-state index in [9.17, 15) is 4.79 Å². The highest BCUT2D eigenvalue weighted by atomic mass is 35.5. The molecule has 2 aromatic heterocycles. The summed E-state index contributed by atoms with van der Waals surface area (Å²) in [5.41, 5.74) is 0. The van der Waals surface area contributed by atoms with Crippen molar-refractivity contribution in [2.75, 3.05) is 18.0 Å². The van der Waals surface area contributed by atoms with E-state index in [4.69, 9.17) is 16.7 Å². The highest BCUT2D eigenvalue weighted by molar-refractivity contribution is 7.16. The van der Waals surface area contributed by atoms with Crippen LogP contribution in [-0.4, -0.2) is 34.1 Å². The number of hydrogen-bond acceptors (Lipinski definition) is 5. The van der Waals surface area contributed by atoms with Gasteiger partial charge in [0, 0.05) is 18.5 Å². The summed E-state index contributed by atoms with van der Waals surface area (Å²) in [5, 5.41) is 12.3. The fraction of sp³-hybridized carbons (Fsp3) is 0.417. The van der Waals surface area contributed by atoms with Crippen LogP contribution in [0.2, 0.25) is 5.15 Å². The number of carbonyl (C=O) groups is 1. The van der Waals surface area contributed by atoms with Crippen molar-refractivity contribution >= 4 is 45.1 Å². The summed E-state index contributed by atoms with van der Waals surface area (Å²) in [5.74, 6) is -0.575. The van der Waals surface area contributed by atoms with E-state index >= 15 is 0 Å². The van der Waals surface area contributed by atoms with Crippen LogP contribution >= 0.6 is 22.9 Å². The standard InChI is InChI=1S/C12H12ClN3O2S/c13-9-8-3-5-19-10(8)15-12(14-9)16-4-1-2-7(6-16)11(17)18/h3,5,7H,1-2,4,6H2,(H,17,18). The maximum absolute atomic E-state index is 11.1. The molecule has 1 atom stereocenters. The summed E-state index contributed by atoms with van der Waals surface area (Å²) in [6.45, 7) is 1.22. The van der Waals surface area contributed by atoms with Gasteiger partial charge in [-0.2, -0.15) is 0 Å². The van der Waals surface area contributed by atoms with Crippen LogP contribution in [0.3, 0.4) is 0 Å². The second-order valence-corrected chi connectivity index (χ2v) is 5.83. The predicted octanol–water partition coefficient (Wildman–Crippen LogP) is 2.65. The number of anilines is 1. The van der Waals surface area contributed by atoms with Crippen LogP contribution in [0, 0.1) is 5.92 Å². The van der Waals surface area contributed by atoms with E-state index in [0.29, 0.717) is 24.1 Å². The maximum atomic E-state index is 11.1. The number of hydrogen-bond donors (Lipinski definition) is 1. The number of carboxylic acids is 1. The molecule has 0 bridgehead atoms. The Morgan fingerprint density at radius 3 is 3.16 bits per heavy atom. The van der Waals surface area contributed by atoms with Crippen LogP contribution in [0.5, 0.6) is 0 Å². The van der Waals surface area contributed by atoms with E-state index in [-0.39, 0.29) is 5.92 Å². The van der Waals surface area contributed by atoms with Gasteiger partial charge in [-0.05, 0) is 24.3 Å². The third-order valence-corrected chi connectivity index (χ3v) is 4.41. The molecule has 0 spiro atoms. The monoisotopic (exact) mass is 297 g/mol. The number of nitrogens with zero attached hydrogens (tertiary/aromatic N) is 3. The molecule has 7 heteroatoms. The van der Waals surface area contributed by atoms with Crippen LogP contribution in [0.25, 0.3) is 10.2 Å². The molecule has 1 aliphatic rings. The number of thiophene rings is 1. The Kier molecular flexibility index (Phi) is 3.28. The van der Waals surface area contributed by atoms with Crippen LogP contribution in [0.4, 0.5) is 5.95 Å². The zero-order chi connectivity index (χ0) is 13.4. The van der Waals surface area contributed by atoms with Crippen molar-refractivity contribution in [3.05, 3.63) is 16.6 Å². The predicted molar refractivity (Wildman–Crippen MR) is 75.0 cm³/mol. The molecule has 0 saturated carbocycles. The molecular formula is C12H12ClN3O2S. The van der Waals surface area contributed by atoms with Gasteiger partial charge in [0.15, 0.2) is 0 Å². The Morgan fingerprint density at radius 2 is 2.37 bits per heavy atom. The van der Waals surface area contributed by atoms with Gasteiger partial charge in [-0.15, -0.1) is 11.3 Å². The number of carboxylic acid groups (broad SMARTS) is 1. The summed E-state index contributed by atoms with van der Waals surface area (Å²) in [6.07, 6.45) is 1.54. The third-order valence-electron chi connectivity index (χ3n) is 3.32. The summed E-state index contributed by atoms with van der Waals surface area (Å²) in [4.78, 5) is 22.6. The van der Waals surface area contributed by atoms with Crippen molar-refractivity contribution in [3.8, 4) is 0 Å². The molecule has 0 aromatic carbocycles. The fourth-order valence-electron chi connectivity index (χ4n) is 2.31. The second kappa shape index (κ2) is 4.94. The zero-order valence-electron chi connectivity index (χ0n) is 10.0. The van der Waals surface area contributed by atoms with Crippen LogP contribution in [0.15, 0.2) is 11.4 Å². The van der Waals surface area contributed by atoms with E-state index in [1.54, 1.807) is 0 Å². The number of aliphatic carboxylic acids is 1. The third kappa shape index (κ3) is 2.37. The van der Waals surface area contributed by atoms with Gasteiger partial charge in [-0.25, -0.2) is 9.97 Å². The van der Waals surface area contributed by atoms with Gasteiger partial charge in [0.1, 0.15) is 9.98 Å². The Morgan fingerprint density at radius 1 is 1.53 bits per heavy atom. The van der Waals surface area contributed by atoms with Gasteiger partial charge in [-0.1, -0.05) is 11.6 Å². The average Bonchev–Trinajstić information content (AvgIpc) is 2.87. The van der Waals surface area contributed by atoms with E-state index in [1.165, 1.54) is 11.3 Å². The van der Waals surface area contributed by atoms with E-state index in [1.807, 2.05) is 16.3 Å². The first-order valence-corrected chi connectivity index (χ1v) is 7.29. The highest BCUT2D eigenvalue weighted by Crippen LogP contribution is 2.29. The Hall–Kier alpha value is -1.40. The number of halogens is 1. The van der Waals surface area contributed by atoms with Gasteiger partial charge in [-0.3, -0.25) is 4.79 Å². The average molecular weight is 298 g/mol. The van der Waals surface area contributed by atoms with E-state index in [2.05, 4.69) is 9.97 Å². The molecular weight excluding hydrogens is 286 g/mol. The molecule has 1 saturated heterocycles. The van der Waals surface area contributed by atoms with Gasteiger partial charge in [0.25, 0.3) is 0 Å². The van der Waals surface area contributed by atoms with Crippen molar-refractivity contribution in [2.24, 2.45) is 5.92 Å². The lowest BCUT2D eigenvalue weighted by atomic mass is 9.99. The Bertz CT molecular complexity index is 630. The first-order chi connectivity index (χ1) is 9.15. The minimum atomic E-state index is -0.756. The Labute approximate surface area is 118 Å². The molecule has 1 N–H and O–H groups in total. The number of rotatable bonds is 2. The van der Waals surface area contributed by atoms with Crippen molar-refractivity contribution in [1.29, 1.82) is 0 Å². The molecule has 3 heterocycles. The quantitative estimate of drug-likeness (QED) is 0.863. The first-order valence-electron chi connectivity index (χ1n) is 6.03. The van der Waals surface area contributed by atoms with Gasteiger partial charge in [0.2, 0.25) is 5.95 Å². The zero-order valence-corrected chi connectivity index (χ0v) is 11.6. The maximum Gasteiger partial charge on any atom is 0.308 e. The molecule has 0 aliphatic carbocycles. The molecule has 1 fully saturated rings. The van der Waals surface area contributed by atoms with Crippen molar-refractivity contribution in [1.82, 2.24) is 9.97 Å². The molecule has 1 unspecified atom stereocenters.